The zero-order valence-electron chi connectivity index (χ0n) is 21.7. The molecule has 9 heteroatoms. The van der Waals surface area contributed by atoms with Gasteiger partial charge in [-0.05, 0) is 35.7 Å². The molecule has 1 N–H and O–H groups in total. The van der Waals surface area contributed by atoms with Crippen molar-refractivity contribution in [3.8, 4) is 0 Å². The quantitative estimate of drug-likeness (QED) is 0.419. The number of para-hydroxylation sites is 1. The fraction of sp³-hybridized carbons (Fsp3) is 0.286. The van der Waals surface area contributed by atoms with Gasteiger partial charge in [0, 0.05) is 34.1 Å². The first-order chi connectivity index (χ1) is 17.6. The predicted molar refractivity (Wildman–Crippen MR) is 146 cm³/mol. The summed E-state index contributed by atoms with van der Waals surface area (Å²) in [5.74, 6) is -0.811. The van der Waals surface area contributed by atoms with Crippen molar-refractivity contribution in [3.05, 3.63) is 102 Å². The van der Waals surface area contributed by atoms with E-state index in [1.165, 1.54) is 26.0 Å². The summed E-state index contributed by atoms with van der Waals surface area (Å²) in [5, 5.41) is 2.68. The summed E-state index contributed by atoms with van der Waals surface area (Å²) < 4.78 is 28.7. The highest BCUT2D eigenvalue weighted by atomic mass is 32.2. The van der Waals surface area contributed by atoms with Gasteiger partial charge >= 0.3 is 10.2 Å². The van der Waals surface area contributed by atoms with Gasteiger partial charge in [-0.1, -0.05) is 72.8 Å². The third-order valence-corrected chi connectivity index (χ3v) is 8.00. The summed E-state index contributed by atoms with van der Waals surface area (Å²) in [4.78, 5) is 28.6. The third kappa shape index (κ3) is 6.96. The molecule has 196 valence electrons. The van der Waals surface area contributed by atoms with Crippen molar-refractivity contribution in [3.63, 3.8) is 0 Å². The van der Waals surface area contributed by atoms with Gasteiger partial charge in [0.1, 0.15) is 12.6 Å². The highest BCUT2D eigenvalue weighted by Crippen LogP contribution is 2.22. The molecule has 8 nitrogen and oxygen atoms in total. The number of likely N-dealkylation sites (N-methyl/N-ethyl adjacent to an activating group) is 1. The molecule has 3 aromatic carbocycles. The molecule has 0 aliphatic carbocycles. The number of hydrogen-bond donors (Lipinski definition) is 1. The number of anilines is 1. The molecular weight excluding hydrogens is 488 g/mol. The van der Waals surface area contributed by atoms with Crippen LogP contribution in [0.3, 0.4) is 0 Å². The van der Waals surface area contributed by atoms with Gasteiger partial charge < -0.3 is 10.2 Å². The lowest BCUT2D eigenvalue weighted by Gasteiger charge is -2.34. The summed E-state index contributed by atoms with van der Waals surface area (Å²) in [7, 11) is 0.378. The molecule has 0 heterocycles. The van der Waals surface area contributed by atoms with E-state index in [9.17, 15) is 18.0 Å². The SMILES string of the molecule is CNC(=O)C(Cc1ccccc1)N(Cc1ccccc1C)C(=O)CN(c1ccccc1)S(=O)(=O)N(C)C. The maximum Gasteiger partial charge on any atom is 0.304 e. The van der Waals surface area contributed by atoms with Crippen LogP contribution in [-0.2, 0) is 32.8 Å². The van der Waals surface area contributed by atoms with Crippen molar-refractivity contribution >= 4 is 27.7 Å². The minimum Gasteiger partial charge on any atom is -0.357 e. The van der Waals surface area contributed by atoms with Crippen molar-refractivity contribution in [2.75, 3.05) is 32.0 Å². The Kier molecular flexibility index (Phi) is 9.43. The number of hydrogen-bond acceptors (Lipinski definition) is 4. The summed E-state index contributed by atoms with van der Waals surface area (Å²) >= 11 is 0. The van der Waals surface area contributed by atoms with Gasteiger partial charge in [-0.25, -0.2) is 4.31 Å². The van der Waals surface area contributed by atoms with Crippen LogP contribution in [0.2, 0.25) is 0 Å². The Morgan fingerprint density at radius 1 is 0.865 bits per heavy atom. The van der Waals surface area contributed by atoms with E-state index in [4.69, 9.17) is 0 Å². The monoisotopic (exact) mass is 522 g/mol. The number of nitrogens with zero attached hydrogens (tertiary/aromatic N) is 3. The van der Waals surface area contributed by atoms with Crippen LogP contribution in [0.25, 0.3) is 0 Å². The number of aryl methyl sites for hydroxylation is 1. The zero-order valence-corrected chi connectivity index (χ0v) is 22.5. The number of benzene rings is 3. The molecule has 0 spiro atoms. The van der Waals surface area contributed by atoms with Gasteiger partial charge in [0.05, 0.1) is 5.69 Å². The van der Waals surface area contributed by atoms with E-state index in [-0.39, 0.29) is 18.9 Å². The minimum atomic E-state index is -3.99. The summed E-state index contributed by atoms with van der Waals surface area (Å²) in [5.41, 5.74) is 3.09. The molecule has 0 saturated carbocycles. The second-order valence-corrected chi connectivity index (χ2v) is 11.0. The molecule has 0 aliphatic heterocycles. The predicted octanol–water partition coefficient (Wildman–Crippen LogP) is 2.99. The van der Waals surface area contributed by atoms with Crippen LogP contribution in [-0.4, -0.2) is 63.2 Å². The molecule has 3 rings (SSSR count). The largest absolute Gasteiger partial charge is 0.357 e. The fourth-order valence-electron chi connectivity index (χ4n) is 4.00. The molecule has 1 unspecified atom stereocenters. The van der Waals surface area contributed by atoms with E-state index >= 15 is 0 Å². The van der Waals surface area contributed by atoms with Gasteiger partial charge in [0.25, 0.3) is 0 Å². The number of carbonyl (C=O) groups is 2. The third-order valence-electron chi connectivity index (χ3n) is 6.18. The van der Waals surface area contributed by atoms with Crippen molar-refractivity contribution in [2.45, 2.75) is 25.9 Å². The number of nitrogens with one attached hydrogen (secondary N) is 1. The van der Waals surface area contributed by atoms with E-state index in [1.54, 1.807) is 30.3 Å². The van der Waals surface area contributed by atoms with Crippen molar-refractivity contribution < 1.29 is 18.0 Å². The standard InChI is InChI=1S/C28H34N4O4S/c1-22-13-11-12-16-24(22)20-31(26(28(34)29-2)19-23-14-7-5-8-15-23)27(33)21-32(37(35,36)30(3)4)25-17-9-6-10-18-25/h5-18,26H,19-21H2,1-4H3,(H,29,34). The van der Waals surface area contributed by atoms with Gasteiger partial charge in [0.2, 0.25) is 11.8 Å². The van der Waals surface area contributed by atoms with Crippen LogP contribution >= 0.6 is 0 Å². The topological polar surface area (TPSA) is 90.0 Å². The molecule has 0 bridgehead atoms. The summed E-state index contributed by atoms with van der Waals surface area (Å²) in [6.07, 6.45) is 0.282. The highest BCUT2D eigenvalue weighted by molar-refractivity contribution is 7.90. The van der Waals surface area contributed by atoms with Gasteiger partial charge in [-0.3, -0.25) is 9.59 Å². The smallest absolute Gasteiger partial charge is 0.304 e. The van der Waals surface area contributed by atoms with E-state index in [0.29, 0.717) is 5.69 Å². The number of rotatable bonds is 11. The van der Waals surface area contributed by atoms with E-state index < -0.39 is 28.7 Å². The number of amides is 2. The maximum atomic E-state index is 14.0. The van der Waals surface area contributed by atoms with Crippen LogP contribution in [0.4, 0.5) is 5.69 Å². The van der Waals surface area contributed by atoms with Crippen LogP contribution in [0, 0.1) is 6.92 Å². The van der Waals surface area contributed by atoms with Crippen molar-refractivity contribution in [2.24, 2.45) is 0 Å². The molecule has 0 radical (unpaired) electrons. The Labute approximate surface area is 219 Å². The lowest BCUT2D eigenvalue weighted by Crippen LogP contribution is -2.53. The average Bonchev–Trinajstić information content (AvgIpc) is 2.90. The second-order valence-electron chi connectivity index (χ2n) is 8.90. The zero-order chi connectivity index (χ0) is 27.0. The first-order valence-electron chi connectivity index (χ1n) is 12.0. The second kappa shape index (κ2) is 12.5. The van der Waals surface area contributed by atoms with Crippen LogP contribution in [0.15, 0.2) is 84.9 Å². The summed E-state index contributed by atoms with van der Waals surface area (Å²) in [6.45, 7) is 1.64. The minimum absolute atomic E-state index is 0.154. The van der Waals surface area contributed by atoms with Crippen LogP contribution < -0.4 is 9.62 Å². The maximum absolute atomic E-state index is 14.0. The normalized spacial score (nSPS) is 12.1. The summed E-state index contributed by atoms with van der Waals surface area (Å²) in [6, 6.07) is 24.7. The first-order valence-corrected chi connectivity index (χ1v) is 13.4. The molecule has 0 aliphatic rings. The van der Waals surface area contributed by atoms with Crippen molar-refractivity contribution in [1.82, 2.24) is 14.5 Å². The molecule has 2 amide bonds. The average molecular weight is 523 g/mol. The Morgan fingerprint density at radius 2 is 1.43 bits per heavy atom. The molecule has 37 heavy (non-hydrogen) atoms. The van der Waals surface area contributed by atoms with Gasteiger partial charge in [-0.15, -0.1) is 0 Å². The van der Waals surface area contributed by atoms with E-state index in [2.05, 4.69) is 5.32 Å². The number of carbonyl (C=O) groups excluding carboxylic acids is 2. The fourth-order valence-corrected chi connectivity index (χ4v) is 5.06. The van der Waals surface area contributed by atoms with Gasteiger partial charge in [-0.2, -0.15) is 12.7 Å². The lowest BCUT2D eigenvalue weighted by molar-refractivity contribution is -0.139. The van der Waals surface area contributed by atoms with Crippen molar-refractivity contribution in [1.29, 1.82) is 0 Å². The van der Waals surface area contributed by atoms with E-state index in [1.807, 2.05) is 61.5 Å². The van der Waals surface area contributed by atoms with Crippen LogP contribution in [0.1, 0.15) is 16.7 Å². The first kappa shape index (κ1) is 27.9. The molecular formula is C28H34N4O4S. The molecule has 0 aromatic heterocycles. The van der Waals surface area contributed by atoms with Crippen LogP contribution in [0.5, 0.6) is 0 Å². The Balaban J connectivity index is 2.06. The Bertz CT molecular complexity index is 1300. The van der Waals surface area contributed by atoms with E-state index in [0.717, 1.165) is 25.3 Å². The molecule has 0 fully saturated rings. The highest BCUT2D eigenvalue weighted by Gasteiger charge is 2.34. The lowest BCUT2D eigenvalue weighted by atomic mass is 10.0. The molecule has 3 aromatic rings. The Hall–Kier alpha value is -3.69. The Morgan fingerprint density at radius 3 is 2.00 bits per heavy atom. The molecule has 0 saturated heterocycles. The van der Waals surface area contributed by atoms with Gasteiger partial charge in [0.15, 0.2) is 0 Å². The molecule has 1 atom stereocenters.